The predicted octanol–water partition coefficient (Wildman–Crippen LogP) is 7.92. The Morgan fingerprint density at radius 3 is 2.37 bits per heavy atom. The van der Waals surface area contributed by atoms with Gasteiger partial charge in [-0.1, -0.05) is 54.1 Å². The molecule has 0 saturated heterocycles. The molecule has 0 saturated carbocycles. The molecule has 5 aromatic rings. The molecule has 2 heterocycles. The summed E-state index contributed by atoms with van der Waals surface area (Å²) in [7, 11) is 1.88. The molecular weight excluding hydrogens is 460 g/mol. The molecule has 2 heteroatoms. The number of hydrogen-bond acceptors (Lipinski definition) is 1. The van der Waals surface area contributed by atoms with Crippen LogP contribution in [0.2, 0.25) is 0 Å². The number of nitrogens with zero attached hydrogens (tertiary/aromatic N) is 2. The maximum absolute atomic E-state index is 8.42. The SMILES string of the molecule is [2H]C([2H])([2H])c1cc(C)ccc1-c1cc(-c2c(C)c3c(c4c2Cc2nc(C)ccc2-4)-c2ccccc2C3)[n+](C)cc1C([2H])([2H])[2H]. The van der Waals surface area contributed by atoms with Crippen molar-refractivity contribution in [3.05, 3.63) is 117 Å². The first-order chi connectivity index (χ1) is 20.7. The quantitative estimate of drug-likeness (QED) is 0.221. The second kappa shape index (κ2) is 8.23. The standard InChI is InChI=1S/C36H33N2/c1-20-11-13-26(21(2)15-20)29-18-33(38(6)19-22(29)3)34-24(5)30-16-25-9-7-8-10-27(25)35(30)36-28-14-12-23(4)37-32(28)17-31(34)36/h7-15,18-19H,16-17H2,1-6H3/q+1/i2D3,3D3. The summed E-state index contributed by atoms with van der Waals surface area (Å²) in [5.41, 5.74) is 15.6. The summed E-state index contributed by atoms with van der Waals surface area (Å²) < 4.78 is 52.1. The average Bonchev–Trinajstić information content (AvgIpc) is 3.51. The van der Waals surface area contributed by atoms with E-state index in [-0.39, 0.29) is 11.1 Å². The Labute approximate surface area is 234 Å². The van der Waals surface area contributed by atoms with Crippen molar-refractivity contribution in [2.45, 2.75) is 47.3 Å². The van der Waals surface area contributed by atoms with Crippen LogP contribution in [0.15, 0.2) is 66.9 Å². The first-order valence-electron chi connectivity index (χ1n) is 16.1. The van der Waals surface area contributed by atoms with E-state index in [1.165, 1.54) is 33.4 Å². The van der Waals surface area contributed by atoms with Crippen molar-refractivity contribution in [1.29, 1.82) is 0 Å². The van der Waals surface area contributed by atoms with Crippen LogP contribution in [0.25, 0.3) is 44.6 Å². The summed E-state index contributed by atoms with van der Waals surface area (Å²) in [6.45, 7) is 1.17. The highest BCUT2D eigenvalue weighted by molar-refractivity contribution is 6.00. The third kappa shape index (κ3) is 3.26. The third-order valence-corrected chi connectivity index (χ3v) is 8.36. The van der Waals surface area contributed by atoms with Crippen molar-refractivity contribution in [1.82, 2.24) is 4.98 Å². The number of fused-ring (bicyclic) bond motifs is 7. The fourth-order valence-corrected chi connectivity index (χ4v) is 6.59. The fourth-order valence-electron chi connectivity index (χ4n) is 6.59. The van der Waals surface area contributed by atoms with Crippen molar-refractivity contribution in [3.8, 4) is 44.6 Å². The highest BCUT2D eigenvalue weighted by Gasteiger charge is 2.36. The zero-order valence-electron chi connectivity index (χ0n) is 28.2. The van der Waals surface area contributed by atoms with Crippen LogP contribution in [0.5, 0.6) is 0 Å². The fraction of sp³-hybridized carbons (Fsp3) is 0.222. The monoisotopic (exact) mass is 499 g/mol. The van der Waals surface area contributed by atoms with Gasteiger partial charge < -0.3 is 0 Å². The van der Waals surface area contributed by atoms with Gasteiger partial charge in [-0.15, -0.1) is 0 Å². The molecule has 2 nitrogen and oxygen atoms in total. The van der Waals surface area contributed by atoms with Crippen molar-refractivity contribution < 1.29 is 12.8 Å². The maximum Gasteiger partial charge on any atom is 0.213 e. The number of aromatic nitrogens is 2. The molecule has 2 aromatic heterocycles. The Morgan fingerprint density at radius 1 is 0.737 bits per heavy atom. The van der Waals surface area contributed by atoms with Gasteiger partial charge in [0.2, 0.25) is 5.69 Å². The van der Waals surface area contributed by atoms with Crippen molar-refractivity contribution in [2.24, 2.45) is 7.05 Å². The first-order valence-corrected chi connectivity index (χ1v) is 13.1. The summed E-state index contributed by atoms with van der Waals surface area (Å²) in [5, 5.41) is 0. The molecule has 0 radical (unpaired) electrons. The van der Waals surface area contributed by atoms with Gasteiger partial charge in [-0.3, -0.25) is 4.98 Å². The minimum absolute atomic E-state index is 0.126. The van der Waals surface area contributed by atoms with Crippen molar-refractivity contribution in [2.75, 3.05) is 0 Å². The van der Waals surface area contributed by atoms with Gasteiger partial charge in [0.25, 0.3) is 0 Å². The topological polar surface area (TPSA) is 16.8 Å². The number of pyridine rings is 2. The van der Waals surface area contributed by atoms with Crippen molar-refractivity contribution >= 4 is 0 Å². The number of benzene rings is 3. The smallest absolute Gasteiger partial charge is 0.213 e. The molecule has 2 aliphatic carbocycles. The largest absolute Gasteiger partial charge is 0.257 e. The summed E-state index contributed by atoms with van der Waals surface area (Å²) in [6, 6.07) is 20.0. The number of aryl methyl sites for hydroxylation is 5. The molecule has 0 bridgehead atoms. The lowest BCUT2D eigenvalue weighted by atomic mass is 9.84. The van der Waals surface area contributed by atoms with Crippen LogP contribution in [0.4, 0.5) is 0 Å². The van der Waals surface area contributed by atoms with Gasteiger partial charge in [0.1, 0.15) is 7.05 Å². The van der Waals surface area contributed by atoms with Crippen molar-refractivity contribution in [3.63, 3.8) is 0 Å². The molecule has 2 aliphatic rings. The van der Waals surface area contributed by atoms with Gasteiger partial charge in [0.15, 0.2) is 6.20 Å². The molecule has 38 heavy (non-hydrogen) atoms. The molecule has 3 aromatic carbocycles. The molecule has 0 aliphatic heterocycles. The minimum atomic E-state index is -2.45. The van der Waals surface area contributed by atoms with E-state index < -0.39 is 13.7 Å². The van der Waals surface area contributed by atoms with Crippen LogP contribution in [-0.2, 0) is 19.9 Å². The lowest BCUT2D eigenvalue weighted by Crippen LogP contribution is -2.32. The van der Waals surface area contributed by atoms with E-state index in [2.05, 4.69) is 43.3 Å². The van der Waals surface area contributed by atoms with Crippen LogP contribution in [-0.4, -0.2) is 4.98 Å². The number of hydrogen-bond donors (Lipinski definition) is 0. The molecular formula is C36H33N2+. The molecule has 0 spiro atoms. The lowest BCUT2D eigenvalue weighted by Gasteiger charge is -2.19. The van der Waals surface area contributed by atoms with Gasteiger partial charge in [-0.25, -0.2) is 4.57 Å². The molecule has 0 fully saturated rings. The van der Waals surface area contributed by atoms with E-state index in [9.17, 15) is 0 Å². The van der Waals surface area contributed by atoms with Gasteiger partial charge in [-0.2, -0.15) is 0 Å². The molecule has 0 N–H and O–H groups in total. The van der Waals surface area contributed by atoms with Crippen LogP contribution < -0.4 is 4.57 Å². The van der Waals surface area contributed by atoms with E-state index in [0.717, 1.165) is 45.8 Å². The summed E-state index contributed by atoms with van der Waals surface area (Å²) >= 11 is 0. The Hall–Kier alpha value is -4.04. The summed E-state index contributed by atoms with van der Waals surface area (Å²) in [4.78, 5) is 4.95. The second-order valence-corrected chi connectivity index (χ2v) is 10.8. The molecule has 0 atom stereocenters. The lowest BCUT2D eigenvalue weighted by molar-refractivity contribution is -0.660. The third-order valence-electron chi connectivity index (χ3n) is 8.36. The van der Waals surface area contributed by atoms with E-state index in [1.54, 1.807) is 18.3 Å². The second-order valence-electron chi connectivity index (χ2n) is 10.8. The first kappa shape index (κ1) is 17.5. The minimum Gasteiger partial charge on any atom is -0.257 e. The Balaban J connectivity index is 1.57. The predicted molar refractivity (Wildman–Crippen MR) is 156 cm³/mol. The van der Waals surface area contributed by atoms with Crippen LogP contribution in [0.3, 0.4) is 0 Å². The van der Waals surface area contributed by atoms with Gasteiger partial charge in [0, 0.05) is 37.5 Å². The summed E-state index contributed by atoms with van der Waals surface area (Å²) in [6.07, 6.45) is 3.15. The molecule has 0 unspecified atom stereocenters. The van der Waals surface area contributed by atoms with E-state index in [4.69, 9.17) is 13.2 Å². The Morgan fingerprint density at radius 2 is 1.53 bits per heavy atom. The molecule has 7 rings (SSSR count). The highest BCUT2D eigenvalue weighted by atomic mass is 14.9. The maximum atomic E-state index is 8.42. The van der Waals surface area contributed by atoms with Crippen LogP contribution in [0, 0.1) is 34.5 Å². The van der Waals surface area contributed by atoms with E-state index >= 15 is 0 Å². The van der Waals surface area contributed by atoms with Gasteiger partial charge in [0.05, 0.1) is 11.3 Å². The van der Waals surface area contributed by atoms with E-state index in [1.807, 2.05) is 37.6 Å². The van der Waals surface area contributed by atoms with Crippen LogP contribution in [0.1, 0.15) is 58.6 Å². The summed E-state index contributed by atoms with van der Waals surface area (Å²) in [5.74, 6) is 0. The van der Waals surface area contributed by atoms with Gasteiger partial charge in [-0.05, 0) is 103 Å². The van der Waals surface area contributed by atoms with Gasteiger partial charge >= 0.3 is 0 Å². The zero-order chi connectivity index (χ0) is 31.3. The molecule has 186 valence electrons. The van der Waals surface area contributed by atoms with Crippen LogP contribution >= 0.6 is 0 Å². The van der Waals surface area contributed by atoms with E-state index in [0.29, 0.717) is 17.5 Å². The molecule has 0 amide bonds. The average molecular weight is 500 g/mol. The normalized spacial score (nSPS) is 15.8. The Kier molecular flexibility index (Phi) is 3.78. The number of rotatable bonds is 2. The zero-order valence-corrected chi connectivity index (χ0v) is 22.2. The Bertz CT molecular complexity index is 2040. The highest BCUT2D eigenvalue weighted by Crippen LogP contribution is 2.53.